The first-order valence-corrected chi connectivity index (χ1v) is 11.0. The second kappa shape index (κ2) is 9.92. The smallest absolute Gasteiger partial charge is 0.289 e. The molecule has 0 aliphatic heterocycles. The minimum absolute atomic E-state index is 0.122. The Bertz CT molecular complexity index is 1220. The summed E-state index contributed by atoms with van der Waals surface area (Å²) in [6, 6.07) is 20.1. The number of anilines is 1. The maximum Gasteiger partial charge on any atom is 0.289 e. The zero-order chi connectivity index (χ0) is 23.1. The van der Waals surface area contributed by atoms with Crippen molar-refractivity contribution in [1.29, 1.82) is 0 Å². The Morgan fingerprint density at radius 2 is 1.62 bits per heavy atom. The maximum absolute atomic E-state index is 13.4. The molecule has 166 valence electrons. The first-order valence-electron chi connectivity index (χ1n) is 9.54. The van der Waals surface area contributed by atoms with Crippen LogP contribution in [0.25, 0.3) is 0 Å². The maximum atomic E-state index is 13.4. The summed E-state index contributed by atoms with van der Waals surface area (Å²) in [6.45, 7) is -0.440. The lowest BCUT2D eigenvalue weighted by Gasteiger charge is -2.24. The number of carbonyl (C=O) groups is 1. The number of nitro groups is 1. The molecule has 0 saturated heterocycles. The van der Waals surface area contributed by atoms with Crippen LogP contribution in [0.5, 0.6) is 5.75 Å². The van der Waals surface area contributed by atoms with Crippen molar-refractivity contribution < 1.29 is 22.9 Å². The number of rotatable bonds is 9. The first kappa shape index (κ1) is 22.8. The number of benzene rings is 3. The van der Waals surface area contributed by atoms with E-state index in [-0.39, 0.29) is 12.2 Å². The number of sulfonamides is 1. The molecule has 0 spiro atoms. The van der Waals surface area contributed by atoms with Crippen LogP contribution in [-0.4, -0.2) is 32.9 Å². The van der Waals surface area contributed by atoms with Crippen molar-refractivity contribution in [3.05, 3.63) is 94.5 Å². The molecule has 0 aliphatic carbocycles. The molecular formula is C22H21N3O6S. The summed E-state index contributed by atoms with van der Waals surface area (Å²) in [6.07, 6.45) is 0. The fraction of sp³-hybridized carbons (Fsp3) is 0.136. The van der Waals surface area contributed by atoms with Crippen LogP contribution in [-0.2, 0) is 21.4 Å². The molecule has 0 aliphatic rings. The average molecular weight is 455 g/mol. The van der Waals surface area contributed by atoms with Crippen LogP contribution in [0.4, 0.5) is 11.4 Å². The van der Waals surface area contributed by atoms with Gasteiger partial charge in [0.25, 0.3) is 15.7 Å². The summed E-state index contributed by atoms with van der Waals surface area (Å²) in [7, 11) is -2.90. The van der Waals surface area contributed by atoms with Crippen molar-refractivity contribution >= 4 is 27.3 Å². The van der Waals surface area contributed by atoms with Crippen molar-refractivity contribution in [3.8, 4) is 5.75 Å². The van der Waals surface area contributed by atoms with Gasteiger partial charge in [0.05, 0.1) is 17.7 Å². The van der Waals surface area contributed by atoms with E-state index in [4.69, 9.17) is 4.74 Å². The number of ether oxygens (including phenoxy) is 1. The summed E-state index contributed by atoms with van der Waals surface area (Å²) in [5, 5.41) is 14.1. The Kier molecular flexibility index (Phi) is 7.06. The Labute approximate surface area is 185 Å². The Morgan fingerprint density at radius 1 is 1.00 bits per heavy atom. The van der Waals surface area contributed by atoms with Gasteiger partial charge in [0.2, 0.25) is 5.91 Å². The summed E-state index contributed by atoms with van der Waals surface area (Å²) < 4.78 is 32.9. The molecule has 3 rings (SSSR count). The molecule has 10 heteroatoms. The quantitative estimate of drug-likeness (QED) is 0.391. The summed E-state index contributed by atoms with van der Waals surface area (Å²) in [4.78, 5) is 22.8. The van der Waals surface area contributed by atoms with Gasteiger partial charge in [-0.15, -0.1) is 0 Å². The normalized spacial score (nSPS) is 10.9. The van der Waals surface area contributed by atoms with Gasteiger partial charge in [0.1, 0.15) is 12.3 Å². The van der Waals surface area contributed by atoms with Crippen LogP contribution in [0.3, 0.4) is 0 Å². The van der Waals surface area contributed by atoms with E-state index in [1.807, 2.05) is 0 Å². The second-order valence-corrected chi connectivity index (χ2v) is 8.49. The summed E-state index contributed by atoms with van der Waals surface area (Å²) >= 11 is 0. The van der Waals surface area contributed by atoms with Crippen LogP contribution in [0.15, 0.2) is 83.8 Å². The number of nitrogens with one attached hydrogen (secondary N) is 1. The molecule has 0 aromatic heterocycles. The molecule has 1 N–H and O–H groups in total. The van der Waals surface area contributed by atoms with Gasteiger partial charge in [0.15, 0.2) is 4.90 Å². The zero-order valence-corrected chi connectivity index (χ0v) is 18.0. The fourth-order valence-corrected chi connectivity index (χ4v) is 4.66. The van der Waals surface area contributed by atoms with Crippen LogP contribution in [0.2, 0.25) is 0 Å². The molecule has 0 saturated carbocycles. The lowest BCUT2D eigenvalue weighted by molar-refractivity contribution is -0.387. The van der Waals surface area contributed by atoms with Gasteiger partial charge in [-0.3, -0.25) is 19.2 Å². The number of amides is 1. The number of nitro benzene ring substituents is 1. The van der Waals surface area contributed by atoms with E-state index in [0.29, 0.717) is 5.75 Å². The van der Waals surface area contributed by atoms with Gasteiger partial charge < -0.3 is 10.1 Å². The first-order chi connectivity index (χ1) is 15.3. The van der Waals surface area contributed by atoms with Crippen molar-refractivity contribution in [3.63, 3.8) is 0 Å². The third-order valence-corrected chi connectivity index (χ3v) is 6.45. The van der Waals surface area contributed by atoms with E-state index in [9.17, 15) is 23.3 Å². The Balaban J connectivity index is 1.91. The predicted octanol–water partition coefficient (Wildman–Crippen LogP) is 3.12. The van der Waals surface area contributed by atoms with Crippen LogP contribution in [0, 0.1) is 10.1 Å². The van der Waals surface area contributed by atoms with E-state index in [1.54, 1.807) is 42.5 Å². The lowest BCUT2D eigenvalue weighted by atomic mass is 10.2. The highest BCUT2D eigenvalue weighted by Crippen LogP contribution is 2.29. The highest BCUT2D eigenvalue weighted by Gasteiger charge is 2.33. The number of para-hydroxylation sites is 3. The zero-order valence-electron chi connectivity index (χ0n) is 17.2. The molecule has 0 radical (unpaired) electrons. The van der Waals surface area contributed by atoms with Gasteiger partial charge in [-0.05, 0) is 24.3 Å². The number of nitrogens with zero attached hydrogens (tertiary/aromatic N) is 2. The van der Waals surface area contributed by atoms with Gasteiger partial charge in [0, 0.05) is 18.2 Å². The standard InChI is InChI=1S/C22H21N3O6S/c1-31-20-13-7-5-9-17(20)15-23-22(26)16-24(18-10-3-2-4-11-18)32(29,30)21-14-8-6-12-19(21)25(27)28/h2-14H,15-16H2,1H3,(H,23,26). The molecule has 0 atom stereocenters. The molecule has 3 aromatic carbocycles. The van der Waals surface area contributed by atoms with Gasteiger partial charge >= 0.3 is 0 Å². The predicted molar refractivity (Wildman–Crippen MR) is 119 cm³/mol. The van der Waals surface area contributed by atoms with E-state index in [0.717, 1.165) is 22.0 Å². The molecule has 0 unspecified atom stereocenters. The summed E-state index contributed by atoms with van der Waals surface area (Å²) in [5.41, 5.74) is 0.358. The van der Waals surface area contributed by atoms with E-state index >= 15 is 0 Å². The number of methoxy groups -OCH3 is 1. The minimum Gasteiger partial charge on any atom is -0.496 e. The number of hydrogen-bond donors (Lipinski definition) is 1. The SMILES string of the molecule is COc1ccccc1CNC(=O)CN(c1ccccc1)S(=O)(=O)c1ccccc1[N+](=O)[O-]. The molecule has 0 heterocycles. The van der Waals surface area contributed by atoms with Gasteiger partial charge in [-0.1, -0.05) is 48.5 Å². The highest BCUT2D eigenvalue weighted by atomic mass is 32.2. The molecule has 0 fully saturated rings. The number of carbonyl (C=O) groups excluding carboxylic acids is 1. The molecule has 1 amide bonds. The van der Waals surface area contributed by atoms with Crippen molar-refractivity contribution in [2.75, 3.05) is 18.0 Å². The topological polar surface area (TPSA) is 119 Å². The lowest BCUT2D eigenvalue weighted by Crippen LogP contribution is -2.40. The monoisotopic (exact) mass is 455 g/mol. The number of hydrogen-bond acceptors (Lipinski definition) is 6. The molecule has 3 aromatic rings. The third-order valence-electron chi connectivity index (χ3n) is 4.63. The molecular weight excluding hydrogens is 434 g/mol. The Morgan fingerprint density at radius 3 is 2.31 bits per heavy atom. The van der Waals surface area contributed by atoms with Crippen LogP contribution < -0.4 is 14.4 Å². The highest BCUT2D eigenvalue weighted by molar-refractivity contribution is 7.93. The van der Waals surface area contributed by atoms with Gasteiger partial charge in [-0.25, -0.2) is 8.42 Å². The van der Waals surface area contributed by atoms with Crippen LogP contribution in [0.1, 0.15) is 5.56 Å². The Hall–Kier alpha value is -3.92. The fourth-order valence-electron chi connectivity index (χ4n) is 3.08. The minimum atomic E-state index is -4.41. The van der Waals surface area contributed by atoms with Crippen molar-refractivity contribution in [2.24, 2.45) is 0 Å². The van der Waals surface area contributed by atoms with Crippen LogP contribution >= 0.6 is 0 Å². The second-order valence-electron chi connectivity index (χ2n) is 6.66. The van der Waals surface area contributed by atoms with Crippen molar-refractivity contribution in [2.45, 2.75) is 11.4 Å². The van der Waals surface area contributed by atoms with Crippen molar-refractivity contribution in [1.82, 2.24) is 5.32 Å². The molecule has 32 heavy (non-hydrogen) atoms. The summed E-state index contributed by atoms with van der Waals surface area (Å²) in [5.74, 6) is 0.00201. The van der Waals surface area contributed by atoms with E-state index < -0.39 is 38.0 Å². The molecule has 9 nitrogen and oxygen atoms in total. The van der Waals surface area contributed by atoms with Gasteiger partial charge in [-0.2, -0.15) is 0 Å². The molecule has 0 bridgehead atoms. The van der Waals surface area contributed by atoms with E-state index in [1.165, 1.54) is 31.4 Å². The largest absolute Gasteiger partial charge is 0.496 e. The van der Waals surface area contributed by atoms with E-state index in [2.05, 4.69) is 5.32 Å². The average Bonchev–Trinajstić information content (AvgIpc) is 2.81. The third kappa shape index (κ3) is 5.03.